The summed E-state index contributed by atoms with van der Waals surface area (Å²) < 4.78 is 5.62. The monoisotopic (exact) mass is 504 g/mol. The summed E-state index contributed by atoms with van der Waals surface area (Å²) in [5.74, 6) is 2.68. The molecule has 0 atom stereocenters. The van der Waals surface area contributed by atoms with Gasteiger partial charge in [0, 0.05) is 17.2 Å². The SMILES string of the molecule is COc1ccc(C23CC4CC(CC(C4)C2)C3)cc1/C=C1\SC(=O)N(Cc2ccccc2[N+](=O)[O-])C1=O. The molecule has 0 spiro atoms. The molecule has 0 unspecified atom stereocenters. The zero-order valence-electron chi connectivity index (χ0n) is 20.1. The number of nitro benzene ring substituents is 1. The minimum Gasteiger partial charge on any atom is -0.496 e. The number of thioether (sulfide) groups is 1. The van der Waals surface area contributed by atoms with Gasteiger partial charge in [0.1, 0.15) is 5.75 Å². The summed E-state index contributed by atoms with van der Waals surface area (Å²) in [6.45, 7) is -0.135. The predicted octanol–water partition coefficient (Wildman–Crippen LogP) is 6.31. The quantitative estimate of drug-likeness (QED) is 0.260. The fourth-order valence-electron chi connectivity index (χ4n) is 7.41. The Bertz CT molecular complexity index is 1270. The fourth-order valence-corrected chi connectivity index (χ4v) is 8.24. The highest BCUT2D eigenvalue weighted by molar-refractivity contribution is 8.18. The molecular weight excluding hydrogens is 476 g/mol. The lowest BCUT2D eigenvalue weighted by Gasteiger charge is -2.57. The van der Waals surface area contributed by atoms with E-state index >= 15 is 0 Å². The van der Waals surface area contributed by atoms with Crippen LogP contribution in [0.2, 0.25) is 0 Å². The molecule has 2 aromatic rings. The number of rotatable bonds is 6. The molecule has 0 aromatic heterocycles. The number of nitro groups is 1. The number of ether oxygens (including phenoxy) is 1. The summed E-state index contributed by atoms with van der Waals surface area (Å²) in [4.78, 5) is 38.2. The van der Waals surface area contributed by atoms with Gasteiger partial charge >= 0.3 is 0 Å². The maximum absolute atomic E-state index is 13.2. The second-order valence-corrected chi connectivity index (χ2v) is 11.8. The zero-order valence-corrected chi connectivity index (χ0v) is 21.0. The molecule has 186 valence electrons. The van der Waals surface area contributed by atoms with E-state index in [0.29, 0.717) is 16.2 Å². The van der Waals surface area contributed by atoms with E-state index in [9.17, 15) is 19.7 Å². The highest BCUT2D eigenvalue weighted by Crippen LogP contribution is 2.61. The summed E-state index contributed by atoms with van der Waals surface area (Å²) in [7, 11) is 1.61. The van der Waals surface area contributed by atoms with E-state index < -0.39 is 16.1 Å². The van der Waals surface area contributed by atoms with Crippen molar-refractivity contribution >= 4 is 34.7 Å². The number of methoxy groups -OCH3 is 1. The van der Waals surface area contributed by atoms with Crippen LogP contribution in [0.3, 0.4) is 0 Å². The lowest BCUT2D eigenvalue weighted by Crippen LogP contribution is -2.48. The Morgan fingerprint density at radius 2 is 1.75 bits per heavy atom. The molecule has 4 aliphatic carbocycles. The molecule has 7 rings (SSSR count). The van der Waals surface area contributed by atoms with Crippen molar-refractivity contribution < 1.29 is 19.2 Å². The first-order chi connectivity index (χ1) is 17.3. The van der Waals surface area contributed by atoms with Gasteiger partial charge < -0.3 is 4.74 Å². The molecule has 4 saturated carbocycles. The first kappa shape index (κ1) is 23.3. The average Bonchev–Trinajstić information content (AvgIpc) is 3.10. The second kappa shape index (κ2) is 8.76. The molecule has 1 aliphatic heterocycles. The van der Waals surface area contributed by atoms with Crippen LogP contribution in [-0.4, -0.2) is 28.1 Å². The molecule has 5 fully saturated rings. The number of nitrogens with zero attached hydrogens (tertiary/aromatic N) is 2. The Balaban J connectivity index is 1.30. The van der Waals surface area contributed by atoms with Gasteiger partial charge in [-0.3, -0.25) is 24.6 Å². The first-order valence-electron chi connectivity index (χ1n) is 12.5. The van der Waals surface area contributed by atoms with Gasteiger partial charge in [-0.15, -0.1) is 0 Å². The number of imide groups is 1. The van der Waals surface area contributed by atoms with Crippen molar-refractivity contribution in [3.63, 3.8) is 0 Å². The van der Waals surface area contributed by atoms with Gasteiger partial charge in [-0.2, -0.15) is 0 Å². The van der Waals surface area contributed by atoms with Crippen molar-refractivity contribution in [2.45, 2.75) is 50.5 Å². The van der Waals surface area contributed by atoms with E-state index in [4.69, 9.17) is 4.74 Å². The van der Waals surface area contributed by atoms with E-state index in [1.807, 2.05) is 6.07 Å². The predicted molar refractivity (Wildman–Crippen MR) is 137 cm³/mol. The molecule has 7 nitrogen and oxygen atoms in total. The molecular formula is C28H28N2O5S. The topological polar surface area (TPSA) is 89.8 Å². The fraction of sp³-hybridized carbons (Fsp3) is 0.429. The molecule has 2 aromatic carbocycles. The van der Waals surface area contributed by atoms with E-state index in [1.165, 1.54) is 50.2 Å². The minimum atomic E-state index is -0.495. The van der Waals surface area contributed by atoms with Crippen LogP contribution >= 0.6 is 11.8 Å². The molecule has 5 aliphatic rings. The third-order valence-corrected chi connectivity index (χ3v) is 9.46. The molecule has 4 bridgehead atoms. The highest BCUT2D eigenvalue weighted by atomic mass is 32.2. The molecule has 1 saturated heterocycles. The normalized spacial score (nSPS) is 29.9. The molecule has 0 N–H and O–H groups in total. The molecule has 0 radical (unpaired) electrons. The maximum Gasteiger partial charge on any atom is 0.293 e. The van der Waals surface area contributed by atoms with Crippen molar-refractivity contribution in [2.24, 2.45) is 17.8 Å². The number of hydrogen-bond donors (Lipinski definition) is 0. The number of carbonyl (C=O) groups is 2. The lowest BCUT2D eigenvalue weighted by atomic mass is 9.48. The Kier molecular flexibility index (Phi) is 5.67. The standard InChI is InChI=1S/C28H28N2O5S/c1-35-24-7-6-22(28-13-17-8-18(14-28)10-19(9-17)15-28)11-21(24)12-25-26(31)29(27(32)36-25)16-20-4-2-3-5-23(20)30(33)34/h2-7,11-12,17-19H,8-10,13-16H2,1H3/b25-12-. The van der Waals surface area contributed by atoms with Gasteiger partial charge in [-0.25, -0.2) is 0 Å². The summed E-state index contributed by atoms with van der Waals surface area (Å²) in [5, 5.41) is 11.0. The van der Waals surface area contributed by atoms with Crippen LogP contribution in [0.15, 0.2) is 47.4 Å². The first-order valence-corrected chi connectivity index (χ1v) is 13.3. The Morgan fingerprint density at radius 1 is 1.08 bits per heavy atom. The third kappa shape index (κ3) is 3.92. The van der Waals surface area contributed by atoms with E-state index in [0.717, 1.165) is 40.0 Å². The Labute approximate surface area is 214 Å². The second-order valence-electron chi connectivity index (χ2n) is 10.8. The summed E-state index contributed by atoms with van der Waals surface area (Å²) >= 11 is 0.868. The van der Waals surface area contributed by atoms with Gasteiger partial charge in [0.05, 0.1) is 23.5 Å². The van der Waals surface area contributed by atoms with Crippen molar-refractivity contribution in [2.75, 3.05) is 7.11 Å². The van der Waals surface area contributed by atoms with Crippen molar-refractivity contribution in [1.82, 2.24) is 4.90 Å². The smallest absolute Gasteiger partial charge is 0.293 e. The third-order valence-electron chi connectivity index (χ3n) is 8.56. The van der Waals surface area contributed by atoms with Crippen molar-refractivity contribution in [1.29, 1.82) is 0 Å². The van der Waals surface area contributed by atoms with Crippen LogP contribution in [-0.2, 0) is 16.8 Å². The summed E-state index contributed by atoms with van der Waals surface area (Å²) in [6.07, 6.45) is 9.55. The summed E-state index contributed by atoms with van der Waals surface area (Å²) in [5.41, 5.74) is 2.53. The van der Waals surface area contributed by atoms with Crippen molar-refractivity contribution in [3.8, 4) is 5.75 Å². The largest absolute Gasteiger partial charge is 0.496 e. The molecule has 36 heavy (non-hydrogen) atoms. The van der Waals surface area contributed by atoms with Crippen molar-refractivity contribution in [3.05, 3.63) is 74.2 Å². The van der Waals surface area contributed by atoms with Crippen LogP contribution in [0.25, 0.3) is 6.08 Å². The van der Waals surface area contributed by atoms with E-state index in [-0.39, 0.29) is 17.6 Å². The molecule has 8 heteroatoms. The number of para-hydroxylation sites is 1. The van der Waals surface area contributed by atoms with E-state index in [1.54, 1.807) is 31.4 Å². The van der Waals surface area contributed by atoms with Gasteiger partial charge in [0.25, 0.3) is 16.8 Å². The maximum atomic E-state index is 13.2. The van der Waals surface area contributed by atoms with Crippen LogP contribution in [0.1, 0.15) is 55.2 Å². The van der Waals surface area contributed by atoms with Gasteiger partial charge in [-0.05, 0) is 97.2 Å². The summed E-state index contributed by atoms with van der Waals surface area (Å²) in [6, 6.07) is 12.5. The lowest BCUT2D eigenvalue weighted by molar-refractivity contribution is -0.385. The van der Waals surface area contributed by atoms with Crippen LogP contribution < -0.4 is 4.74 Å². The molecule has 1 heterocycles. The van der Waals surface area contributed by atoms with E-state index in [2.05, 4.69) is 12.1 Å². The highest BCUT2D eigenvalue weighted by Gasteiger charge is 2.51. The number of benzene rings is 2. The number of carbonyl (C=O) groups excluding carboxylic acids is 2. The van der Waals surface area contributed by atoms with Crippen LogP contribution in [0.4, 0.5) is 10.5 Å². The number of hydrogen-bond acceptors (Lipinski definition) is 6. The van der Waals surface area contributed by atoms with Crippen LogP contribution in [0, 0.1) is 27.9 Å². The Morgan fingerprint density at radius 3 is 2.39 bits per heavy atom. The average molecular weight is 505 g/mol. The minimum absolute atomic E-state index is 0.106. The zero-order chi connectivity index (χ0) is 25.0. The number of amides is 2. The van der Waals surface area contributed by atoms with Gasteiger partial charge in [-0.1, -0.05) is 24.3 Å². The molecule has 2 amide bonds. The Hall–Kier alpha value is -3.13. The van der Waals surface area contributed by atoms with Gasteiger partial charge in [0.15, 0.2) is 0 Å². The van der Waals surface area contributed by atoms with Crippen LogP contribution in [0.5, 0.6) is 5.75 Å². The van der Waals surface area contributed by atoms with Gasteiger partial charge in [0.2, 0.25) is 0 Å².